The van der Waals surface area contributed by atoms with Crippen LogP contribution in [0.4, 0.5) is 5.69 Å². The molecule has 3 aromatic carbocycles. The molecule has 8 nitrogen and oxygen atoms in total. The van der Waals surface area contributed by atoms with E-state index in [0.717, 1.165) is 16.0 Å². The molecule has 192 valence electrons. The third kappa shape index (κ3) is 3.51. The van der Waals surface area contributed by atoms with Crippen molar-refractivity contribution in [3.8, 4) is 0 Å². The summed E-state index contributed by atoms with van der Waals surface area (Å²) < 4.78 is 0. The van der Waals surface area contributed by atoms with Crippen molar-refractivity contribution in [3.05, 3.63) is 75.8 Å². The molecular formula is C29H30N2O6. The van der Waals surface area contributed by atoms with Crippen LogP contribution in [0.15, 0.2) is 42.5 Å². The second-order valence-corrected chi connectivity index (χ2v) is 10.3. The zero-order chi connectivity index (χ0) is 26.8. The van der Waals surface area contributed by atoms with E-state index in [1.54, 1.807) is 18.2 Å². The molecule has 2 aliphatic rings. The summed E-state index contributed by atoms with van der Waals surface area (Å²) in [4.78, 5) is 43.6. The lowest BCUT2D eigenvalue weighted by Gasteiger charge is -2.39. The molecule has 3 aromatic rings. The number of hydrogen-bond acceptors (Lipinski definition) is 6. The highest BCUT2D eigenvalue weighted by Crippen LogP contribution is 2.44. The summed E-state index contributed by atoms with van der Waals surface area (Å²) >= 11 is 0. The van der Waals surface area contributed by atoms with Gasteiger partial charge in [0.05, 0.1) is 24.9 Å². The second kappa shape index (κ2) is 9.06. The summed E-state index contributed by atoms with van der Waals surface area (Å²) in [6.07, 6.45) is -1.45. The van der Waals surface area contributed by atoms with Crippen LogP contribution >= 0.6 is 0 Å². The predicted octanol–water partition coefficient (Wildman–Crippen LogP) is 3.69. The Morgan fingerprint density at radius 3 is 1.70 bits per heavy atom. The summed E-state index contributed by atoms with van der Waals surface area (Å²) in [6, 6.07) is 11.0. The van der Waals surface area contributed by atoms with E-state index in [2.05, 4.69) is 0 Å². The standard InChI is InChI=1S/C29H30N2O6/c1-14(2)17-6-5-7-18(15(3)4)25(17)31-28(36)21-10-8-19-23-20(9-11-22(24(21)23)29(31)37)27(35)30(26(19)34)16(12-32)13-33/h5-11,14-16,26,32-34H,12-13H2,1-4H3. The Hall–Kier alpha value is -3.59. The molecule has 2 aliphatic heterocycles. The number of nitrogens with zero attached hydrogens (tertiary/aromatic N) is 2. The lowest BCUT2D eigenvalue weighted by molar-refractivity contribution is -0.0394. The zero-order valence-corrected chi connectivity index (χ0v) is 21.2. The fourth-order valence-corrected chi connectivity index (χ4v) is 5.58. The first kappa shape index (κ1) is 25.1. The van der Waals surface area contributed by atoms with Crippen LogP contribution in [0.1, 0.15) is 93.5 Å². The Morgan fingerprint density at radius 1 is 0.730 bits per heavy atom. The van der Waals surface area contributed by atoms with Gasteiger partial charge < -0.3 is 20.2 Å². The molecule has 3 amide bonds. The number of imide groups is 1. The highest BCUT2D eigenvalue weighted by atomic mass is 16.3. The van der Waals surface area contributed by atoms with Crippen molar-refractivity contribution in [1.82, 2.24) is 4.90 Å². The number of amides is 3. The van der Waals surface area contributed by atoms with E-state index in [-0.39, 0.29) is 28.5 Å². The third-order valence-corrected chi connectivity index (χ3v) is 7.45. The predicted molar refractivity (Wildman–Crippen MR) is 139 cm³/mol. The van der Waals surface area contributed by atoms with Gasteiger partial charge in [0.15, 0.2) is 6.23 Å². The highest BCUT2D eigenvalue weighted by Gasteiger charge is 2.42. The number of hydrogen-bond donors (Lipinski definition) is 3. The Kier molecular flexibility index (Phi) is 6.14. The van der Waals surface area contributed by atoms with Gasteiger partial charge in [0.1, 0.15) is 0 Å². The minimum atomic E-state index is -1.45. The molecule has 0 aromatic heterocycles. The molecule has 0 saturated carbocycles. The van der Waals surface area contributed by atoms with Gasteiger partial charge in [-0.3, -0.25) is 14.4 Å². The number of aliphatic hydroxyl groups is 3. The van der Waals surface area contributed by atoms with Crippen molar-refractivity contribution in [1.29, 1.82) is 0 Å². The van der Waals surface area contributed by atoms with E-state index in [1.807, 2.05) is 45.9 Å². The maximum Gasteiger partial charge on any atom is 0.266 e. The van der Waals surface area contributed by atoms with Crippen LogP contribution < -0.4 is 4.90 Å². The summed E-state index contributed by atoms with van der Waals surface area (Å²) in [5.41, 5.74) is 3.46. The third-order valence-electron chi connectivity index (χ3n) is 7.45. The average molecular weight is 503 g/mol. The molecule has 0 aliphatic carbocycles. The van der Waals surface area contributed by atoms with Crippen LogP contribution in [0.5, 0.6) is 0 Å². The molecule has 3 N–H and O–H groups in total. The Balaban J connectivity index is 1.75. The molecule has 8 heteroatoms. The summed E-state index contributed by atoms with van der Waals surface area (Å²) in [5.74, 6) is -1.42. The lowest BCUT2D eigenvalue weighted by Crippen LogP contribution is -2.49. The molecule has 37 heavy (non-hydrogen) atoms. The lowest BCUT2D eigenvalue weighted by atomic mass is 9.84. The molecule has 1 atom stereocenters. The van der Waals surface area contributed by atoms with Gasteiger partial charge in [0, 0.05) is 33.0 Å². The normalized spacial score (nSPS) is 17.2. The van der Waals surface area contributed by atoms with Crippen molar-refractivity contribution in [2.75, 3.05) is 18.1 Å². The molecule has 1 unspecified atom stereocenters. The first-order valence-electron chi connectivity index (χ1n) is 12.5. The number of carbonyl (C=O) groups is 3. The molecule has 0 bridgehead atoms. The number of para-hydroxylation sites is 1. The maximum absolute atomic E-state index is 14.0. The van der Waals surface area contributed by atoms with Crippen molar-refractivity contribution in [3.63, 3.8) is 0 Å². The largest absolute Gasteiger partial charge is 0.394 e. The smallest absolute Gasteiger partial charge is 0.266 e. The fraction of sp³-hybridized carbons (Fsp3) is 0.345. The van der Waals surface area contributed by atoms with Crippen molar-refractivity contribution in [2.45, 2.75) is 51.8 Å². The van der Waals surface area contributed by atoms with Crippen LogP contribution in [-0.4, -0.2) is 57.2 Å². The van der Waals surface area contributed by atoms with Crippen molar-refractivity contribution < 1.29 is 29.7 Å². The van der Waals surface area contributed by atoms with Gasteiger partial charge in [-0.2, -0.15) is 0 Å². The van der Waals surface area contributed by atoms with E-state index >= 15 is 0 Å². The van der Waals surface area contributed by atoms with Gasteiger partial charge in [0.25, 0.3) is 17.7 Å². The number of rotatable bonds is 6. The summed E-state index contributed by atoms with van der Waals surface area (Å²) in [6.45, 7) is 7.01. The van der Waals surface area contributed by atoms with Crippen LogP contribution in [-0.2, 0) is 0 Å². The second-order valence-electron chi connectivity index (χ2n) is 10.3. The molecule has 0 fully saturated rings. The van der Waals surface area contributed by atoms with Crippen LogP contribution in [0, 0.1) is 0 Å². The van der Waals surface area contributed by atoms with Gasteiger partial charge in [-0.25, -0.2) is 4.90 Å². The van der Waals surface area contributed by atoms with Crippen LogP contribution in [0.2, 0.25) is 0 Å². The molecule has 2 heterocycles. The number of aliphatic hydroxyl groups excluding tert-OH is 3. The number of carbonyl (C=O) groups excluding carboxylic acids is 3. The molecule has 0 spiro atoms. The Morgan fingerprint density at radius 2 is 1.22 bits per heavy atom. The topological polar surface area (TPSA) is 118 Å². The fourth-order valence-electron chi connectivity index (χ4n) is 5.58. The van der Waals surface area contributed by atoms with Gasteiger partial charge in [0.2, 0.25) is 0 Å². The minimum Gasteiger partial charge on any atom is -0.394 e. The molecule has 0 radical (unpaired) electrons. The summed E-state index contributed by atoms with van der Waals surface area (Å²) in [5, 5.41) is 31.1. The van der Waals surface area contributed by atoms with Gasteiger partial charge in [-0.1, -0.05) is 52.0 Å². The molecule has 5 rings (SSSR count). The van der Waals surface area contributed by atoms with Crippen LogP contribution in [0.3, 0.4) is 0 Å². The Labute approximate surface area is 214 Å². The zero-order valence-electron chi connectivity index (χ0n) is 21.2. The minimum absolute atomic E-state index is 0.0656. The molecule has 0 saturated heterocycles. The van der Waals surface area contributed by atoms with E-state index in [4.69, 9.17) is 0 Å². The monoisotopic (exact) mass is 502 g/mol. The summed E-state index contributed by atoms with van der Waals surface area (Å²) in [7, 11) is 0. The van der Waals surface area contributed by atoms with Gasteiger partial charge in [-0.15, -0.1) is 0 Å². The number of benzene rings is 3. The molecular weight excluding hydrogens is 472 g/mol. The highest BCUT2D eigenvalue weighted by molar-refractivity contribution is 6.37. The van der Waals surface area contributed by atoms with Crippen LogP contribution in [0.25, 0.3) is 10.8 Å². The van der Waals surface area contributed by atoms with E-state index in [0.29, 0.717) is 22.0 Å². The van der Waals surface area contributed by atoms with Gasteiger partial charge in [-0.05, 0) is 41.2 Å². The Bertz CT molecular complexity index is 1410. The first-order valence-corrected chi connectivity index (χ1v) is 12.5. The van der Waals surface area contributed by atoms with Gasteiger partial charge >= 0.3 is 0 Å². The van der Waals surface area contributed by atoms with E-state index in [1.165, 1.54) is 11.0 Å². The SMILES string of the molecule is CC(C)c1cccc(C(C)C)c1N1C(=O)c2ccc3c4c(ccc(c24)C1=O)C(O)N(C(CO)CO)C3=O. The average Bonchev–Trinajstić information content (AvgIpc) is 2.88. The number of anilines is 1. The van der Waals surface area contributed by atoms with E-state index < -0.39 is 43.2 Å². The quantitative estimate of drug-likeness (QED) is 0.443. The van der Waals surface area contributed by atoms with Crippen molar-refractivity contribution >= 4 is 34.2 Å². The first-order chi connectivity index (χ1) is 17.6. The maximum atomic E-state index is 14.0. The van der Waals surface area contributed by atoms with Crippen molar-refractivity contribution in [2.24, 2.45) is 0 Å². The van der Waals surface area contributed by atoms with E-state index in [9.17, 15) is 29.7 Å².